The second-order valence-electron chi connectivity index (χ2n) is 6.25. The summed E-state index contributed by atoms with van der Waals surface area (Å²) in [6.45, 7) is -0.0443. The molecule has 0 fully saturated rings. The van der Waals surface area contributed by atoms with Crippen LogP contribution in [0.5, 0.6) is 0 Å². The van der Waals surface area contributed by atoms with Crippen LogP contribution in [0.2, 0.25) is 0 Å². The lowest BCUT2D eigenvalue weighted by atomic mass is 9.89. The zero-order valence-electron chi connectivity index (χ0n) is 14.4. The average molecular weight is 349 g/mol. The smallest absolute Gasteiger partial charge is 0.123 e. The fourth-order valence-corrected chi connectivity index (χ4v) is 3.21. The van der Waals surface area contributed by atoms with Crippen molar-refractivity contribution in [1.82, 2.24) is 0 Å². The molecule has 0 aliphatic carbocycles. The van der Waals surface area contributed by atoms with Crippen LogP contribution in [0.15, 0.2) is 71.9 Å². The molecule has 4 heteroatoms. The predicted octanol–water partition coefficient (Wildman–Crippen LogP) is 4.77. The molecule has 0 aliphatic rings. The highest BCUT2D eigenvalue weighted by Gasteiger charge is 2.14. The minimum absolute atomic E-state index is 0.0754. The molecule has 3 aromatic carbocycles. The zero-order chi connectivity index (χ0) is 18.4. The molecule has 3 aromatic rings. The van der Waals surface area contributed by atoms with Gasteiger partial charge in [-0.05, 0) is 58.4 Å². The highest BCUT2D eigenvalue weighted by Crippen LogP contribution is 2.26. The number of aliphatic hydroxyl groups is 1. The summed E-state index contributed by atoms with van der Waals surface area (Å²) in [7, 11) is 0. The van der Waals surface area contributed by atoms with E-state index in [1.807, 2.05) is 42.5 Å². The number of hydrogen-bond donors (Lipinski definition) is 1. The molecule has 0 amide bonds. The molecule has 26 heavy (non-hydrogen) atoms. The van der Waals surface area contributed by atoms with E-state index in [1.54, 1.807) is 12.1 Å². The maximum absolute atomic E-state index is 13.1. The van der Waals surface area contributed by atoms with Gasteiger partial charge in [0, 0.05) is 0 Å². The molecule has 1 N–H and O–H groups in total. The van der Waals surface area contributed by atoms with Gasteiger partial charge < -0.3 is 5.11 Å². The van der Waals surface area contributed by atoms with Crippen LogP contribution < -0.4 is 0 Å². The highest BCUT2D eigenvalue weighted by atomic mass is 19.1. The Morgan fingerprint density at radius 2 is 1.42 bits per heavy atom. The van der Waals surface area contributed by atoms with Crippen molar-refractivity contribution < 1.29 is 9.50 Å². The Hall–Kier alpha value is -2.85. The van der Waals surface area contributed by atoms with Gasteiger partial charge in [0.05, 0.1) is 6.61 Å². The first kappa shape index (κ1) is 18.0. The van der Waals surface area contributed by atoms with E-state index in [9.17, 15) is 14.4 Å². The van der Waals surface area contributed by atoms with Gasteiger partial charge in [0.2, 0.25) is 0 Å². The van der Waals surface area contributed by atoms with Crippen LogP contribution in [0.4, 0.5) is 4.39 Å². The van der Waals surface area contributed by atoms with Crippen molar-refractivity contribution >= 4 is 0 Å². The number of hydrogen-bond acceptors (Lipinski definition) is 3. The van der Waals surface area contributed by atoms with E-state index in [1.165, 1.54) is 12.1 Å². The minimum Gasteiger partial charge on any atom is -0.392 e. The van der Waals surface area contributed by atoms with Gasteiger partial charge in [0.25, 0.3) is 0 Å². The van der Waals surface area contributed by atoms with E-state index in [0.29, 0.717) is 12.8 Å². The van der Waals surface area contributed by atoms with Crippen molar-refractivity contribution in [3.63, 3.8) is 0 Å². The summed E-state index contributed by atoms with van der Waals surface area (Å²) in [6.07, 6.45) is 1.21. The Kier molecular flexibility index (Phi) is 5.87. The predicted molar refractivity (Wildman–Crippen MR) is 100 cm³/mol. The molecular weight excluding hydrogens is 329 g/mol. The largest absolute Gasteiger partial charge is 0.392 e. The Morgan fingerprint density at radius 3 is 2.08 bits per heavy atom. The summed E-state index contributed by atoms with van der Waals surface area (Å²) in [6, 6.07) is 20.1. The van der Waals surface area contributed by atoms with Crippen molar-refractivity contribution in [3.8, 4) is 0 Å². The number of benzene rings is 3. The third-order valence-electron chi connectivity index (χ3n) is 4.55. The van der Waals surface area contributed by atoms with E-state index in [4.69, 9.17) is 0 Å². The first-order valence-corrected chi connectivity index (χ1v) is 8.52. The summed E-state index contributed by atoms with van der Waals surface area (Å²) in [5.41, 5.74) is 5.63. The maximum atomic E-state index is 13.1. The lowest BCUT2D eigenvalue weighted by Crippen LogP contribution is -2.06. The highest BCUT2D eigenvalue weighted by molar-refractivity contribution is 5.45. The molecule has 0 aromatic heterocycles. The second-order valence-corrected chi connectivity index (χ2v) is 6.25. The quantitative estimate of drug-likeness (QED) is 0.625. The fraction of sp³-hybridized carbons (Fsp3) is 0.182. The Labute approximate surface area is 152 Å². The monoisotopic (exact) mass is 349 g/mol. The molecule has 0 radical (unpaired) electrons. The molecular formula is C22H20FNO2. The summed E-state index contributed by atoms with van der Waals surface area (Å²) in [4.78, 5) is 10.8. The maximum Gasteiger partial charge on any atom is 0.123 e. The van der Waals surface area contributed by atoms with Crippen molar-refractivity contribution in [1.29, 1.82) is 0 Å². The van der Waals surface area contributed by atoms with Gasteiger partial charge >= 0.3 is 0 Å². The van der Waals surface area contributed by atoms with Crippen LogP contribution >= 0.6 is 0 Å². The number of rotatable bonds is 7. The molecule has 0 heterocycles. The van der Waals surface area contributed by atoms with Gasteiger partial charge in [-0.3, -0.25) is 0 Å². The van der Waals surface area contributed by atoms with Crippen LogP contribution in [0.3, 0.4) is 0 Å². The number of halogens is 1. The Balaban J connectivity index is 2.01. The van der Waals surface area contributed by atoms with E-state index in [2.05, 4.69) is 5.18 Å². The zero-order valence-corrected chi connectivity index (χ0v) is 14.4. The molecule has 0 bridgehead atoms. The fourth-order valence-electron chi connectivity index (χ4n) is 3.21. The molecule has 0 spiro atoms. The topological polar surface area (TPSA) is 49.7 Å². The molecule has 3 rings (SSSR count). The van der Waals surface area contributed by atoms with Gasteiger partial charge in [-0.1, -0.05) is 59.8 Å². The molecule has 3 nitrogen and oxygen atoms in total. The molecule has 0 atom stereocenters. The third-order valence-corrected chi connectivity index (χ3v) is 4.55. The lowest BCUT2D eigenvalue weighted by Gasteiger charge is -2.17. The molecule has 0 aliphatic heterocycles. The Bertz CT molecular complexity index is 877. The van der Waals surface area contributed by atoms with Crippen molar-refractivity contribution in [2.45, 2.75) is 26.0 Å². The molecule has 0 saturated heterocycles. The summed E-state index contributed by atoms with van der Waals surface area (Å²) in [5.74, 6) is -0.270. The van der Waals surface area contributed by atoms with Crippen molar-refractivity contribution in [2.75, 3.05) is 0 Å². The van der Waals surface area contributed by atoms with E-state index in [0.717, 1.165) is 33.4 Å². The van der Waals surface area contributed by atoms with Crippen molar-refractivity contribution in [2.24, 2.45) is 5.18 Å². The van der Waals surface area contributed by atoms with Gasteiger partial charge in [-0.15, -0.1) is 0 Å². The van der Waals surface area contributed by atoms with Crippen LogP contribution in [0, 0.1) is 10.7 Å². The first-order valence-electron chi connectivity index (χ1n) is 8.52. The summed E-state index contributed by atoms with van der Waals surface area (Å²) >= 11 is 0. The number of nitroso groups, excluding NO2 is 1. The van der Waals surface area contributed by atoms with E-state index in [-0.39, 0.29) is 19.0 Å². The standard InChI is InChI=1S/C22H20FNO2/c23-20-10-6-17(7-11-20)12-18-8-9-19(14-24-26)21(22(18)15-25)13-16-4-2-1-3-5-16/h1-11,25H,12-15H2. The number of aliphatic hydroxyl groups excluding tert-OH is 1. The summed E-state index contributed by atoms with van der Waals surface area (Å²) < 4.78 is 13.1. The lowest BCUT2D eigenvalue weighted by molar-refractivity contribution is 0.279. The van der Waals surface area contributed by atoms with Gasteiger partial charge in [0.1, 0.15) is 12.4 Å². The van der Waals surface area contributed by atoms with Crippen LogP contribution in [0.25, 0.3) is 0 Å². The van der Waals surface area contributed by atoms with E-state index >= 15 is 0 Å². The van der Waals surface area contributed by atoms with Gasteiger partial charge in [0.15, 0.2) is 0 Å². The van der Waals surface area contributed by atoms with Crippen LogP contribution in [-0.2, 0) is 26.0 Å². The van der Waals surface area contributed by atoms with Crippen LogP contribution in [0.1, 0.15) is 33.4 Å². The molecule has 0 unspecified atom stereocenters. The number of nitrogens with zero attached hydrogens (tertiary/aromatic N) is 1. The van der Waals surface area contributed by atoms with Gasteiger partial charge in [-0.25, -0.2) is 4.39 Å². The molecule has 0 saturated carbocycles. The first-order chi connectivity index (χ1) is 12.7. The average Bonchev–Trinajstić information content (AvgIpc) is 2.67. The van der Waals surface area contributed by atoms with Gasteiger partial charge in [-0.2, -0.15) is 4.91 Å². The second kappa shape index (κ2) is 8.50. The third kappa shape index (κ3) is 4.21. The Morgan fingerprint density at radius 1 is 0.769 bits per heavy atom. The molecule has 132 valence electrons. The summed E-state index contributed by atoms with van der Waals surface area (Å²) in [5, 5.41) is 13.1. The van der Waals surface area contributed by atoms with Crippen molar-refractivity contribution in [3.05, 3.63) is 111 Å². The minimum atomic E-state index is -0.270. The normalized spacial score (nSPS) is 10.7. The van der Waals surface area contributed by atoms with Crippen LogP contribution in [-0.4, -0.2) is 5.11 Å². The van der Waals surface area contributed by atoms with E-state index < -0.39 is 0 Å². The SMILES string of the molecule is O=NCc1ccc(Cc2ccc(F)cc2)c(CO)c1Cc1ccccc1.